The molecule has 132 valence electrons. The van der Waals surface area contributed by atoms with Gasteiger partial charge < -0.3 is 15.4 Å². The highest BCUT2D eigenvalue weighted by Gasteiger charge is 2.10. The zero-order chi connectivity index (χ0) is 17.5. The maximum atomic E-state index is 12.9. The van der Waals surface area contributed by atoms with Crippen molar-refractivity contribution in [1.82, 2.24) is 10.2 Å². The van der Waals surface area contributed by atoms with Gasteiger partial charge in [0.2, 0.25) is 0 Å². The SMILES string of the molecule is Fc1ccc(CNC(=S)Nc2ccc(CN3CCOCC3)cc2)cc1. The third kappa shape index (κ3) is 5.77. The molecule has 0 saturated carbocycles. The first-order valence-corrected chi connectivity index (χ1v) is 8.78. The Morgan fingerprint density at radius 1 is 1.00 bits per heavy atom. The number of benzene rings is 2. The van der Waals surface area contributed by atoms with Crippen LogP contribution < -0.4 is 10.6 Å². The van der Waals surface area contributed by atoms with Crippen LogP contribution in [0.1, 0.15) is 11.1 Å². The number of anilines is 1. The third-order valence-electron chi connectivity index (χ3n) is 4.09. The van der Waals surface area contributed by atoms with Gasteiger partial charge in [0.05, 0.1) is 13.2 Å². The van der Waals surface area contributed by atoms with Gasteiger partial charge in [0.15, 0.2) is 5.11 Å². The van der Waals surface area contributed by atoms with Crippen molar-refractivity contribution in [2.45, 2.75) is 13.1 Å². The molecule has 2 N–H and O–H groups in total. The number of nitrogens with one attached hydrogen (secondary N) is 2. The summed E-state index contributed by atoms with van der Waals surface area (Å²) in [5.74, 6) is -0.235. The Morgan fingerprint density at radius 3 is 2.32 bits per heavy atom. The summed E-state index contributed by atoms with van der Waals surface area (Å²) in [5, 5.41) is 6.84. The molecule has 1 fully saturated rings. The molecule has 0 aromatic heterocycles. The van der Waals surface area contributed by atoms with Gasteiger partial charge in [0, 0.05) is 31.9 Å². The van der Waals surface area contributed by atoms with E-state index in [0.717, 1.165) is 44.1 Å². The maximum absolute atomic E-state index is 12.9. The fourth-order valence-corrected chi connectivity index (χ4v) is 2.86. The number of thiocarbonyl (C=S) groups is 1. The lowest BCUT2D eigenvalue weighted by Gasteiger charge is -2.26. The molecule has 2 aromatic rings. The van der Waals surface area contributed by atoms with Crippen LogP contribution in [0.5, 0.6) is 0 Å². The van der Waals surface area contributed by atoms with Gasteiger partial charge in [-0.15, -0.1) is 0 Å². The van der Waals surface area contributed by atoms with Gasteiger partial charge in [0.25, 0.3) is 0 Å². The Morgan fingerprint density at radius 2 is 1.64 bits per heavy atom. The molecule has 3 rings (SSSR count). The maximum Gasteiger partial charge on any atom is 0.171 e. The van der Waals surface area contributed by atoms with Gasteiger partial charge in [0.1, 0.15) is 5.82 Å². The van der Waals surface area contributed by atoms with Crippen molar-refractivity contribution in [2.75, 3.05) is 31.6 Å². The molecule has 0 spiro atoms. The number of ether oxygens (including phenoxy) is 1. The van der Waals surface area contributed by atoms with Crippen molar-refractivity contribution in [3.63, 3.8) is 0 Å². The van der Waals surface area contributed by atoms with Gasteiger partial charge in [-0.05, 0) is 47.6 Å². The molecule has 1 saturated heterocycles. The van der Waals surface area contributed by atoms with Gasteiger partial charge in [-0.3, -0.25) is 4.90 Å². The minimum absolute atomic E-state index is 0.235. The smallest absolute Gasteiger partial charge is 0.171 e. The molecule has 1 heterocycles. The summed E-state index contributed by atoms with van der Waals surface area (Å²) >= 11 is 5.31. The third-order valence-corrected chi connectivity index (χ3v) is 4.33. The first-order valence-electron chi connectivity index (χ1n) is 8.37. The van der Waals surface area contributed by atoms with Crippen LogP contribution in [0.3, 0.4) is 0 Å². The van der Waals surface area contributed by atoms with E-state index in [1.165, 1.54) is 17.7 Å². The van der Waals surface area contributed by atoms with Crippen molar-refractivity contribution in [1.29, 1.82) is 0 Å². The minimum atomic E-state index is -0.235. The number of nitrogens with zero attached hydrogens (tertiary/aromatic N) is 1. The molecular weight excluding hydrogens is 337 g/mol. The Hall–Kier alpha value is -2.02. The van der Waals surface area contributed by atoms with E-state index in [1.807, 2.05) is 12.1 Å². The fourth-order valence-electron chi connectivity index (χ4n) is 2.67. The van der Waals surface area contributed by atoms with Gasteiger partial charge in [-0.2, -0.15) is 0 Å². The van der Waals surface area contributed by atoms with Crippen molar-refractivity contribution >= 4 is 23.0 Å². The van der Waals surface area contributed by atoms with Gasteiger partial charge in [-0.1, -0.05) is 24.3 Å². The highest BCUT2D eigenvalue weighted by Crippen LogP contribution is 2.12. The van der Waals surface area contributed by atoms with Crippen molar-refractivity contribution in [3.05, 3.63) is 65.5 Å². The Balaban J connectivity index is 1.45. The van der Waals surface area contributed by atoms with E-state index in [0.29, 0.717) is 11.7 Å². The van der Waals surface area contributed by atoms with Crippen molar-refractivity contribution in [3.8, 4) is 0 Å². The number of rotatable bonds is 5. The molecule has 2 aromatic carbocycles. The monoisotopic (exact) mass is 359 g/mol. The molecule has 4 nitrogen and oxygen atoms in total. The van der Waals surface area contributed by atoms with E-state index in [1.54, 1.807) is 12.1 Å². The lowest BCUT2D eigenvalue weighted by atomic mass is 10.2. The summed E-state index contributed by atoms with van der Waals surface area (Å²) in [7, 11) is 0. The molecule has 1 aliphatic heterocycles. The predicted molar refractivity (Wildman–Crippen MR) is 102 cm³/mol. The summed E-state index contributed by atoms with van der Waals surface area (Å²) in [6.45, 7) is 5.09. The van der Waals surface area contributed by atoms with Gasteiger partial charge >= 0.3 is 0 Å². The van der Waals surface area contributed by atoms with Crippen LogP contribution in [0.25, 0.3) is 0 Å². The fraction of sp³-hybridized carbons (Fsp3) is 0.316. The van der Waals surface area contributed by atoms with Crippen molar-refractivity contribution < 1.29 is 9.13 Å². The van der Waals surface area contributed by atoms with Crippen LogP contribution in [0.2, 0.25) is 0 Å². The highest BCUT2D eigenvalue weighted by atomic mass is 32.1. The molecule has 0 radical (unpaired) electrons. The second-order valence-corrected chi connectivity index (χ2v) is 6.43. The van der Waals surface area contributed by atoms with E-state index in [2.05, 4.69) is 27.7 Å². The molecule has 0 unspecified atom stereocenters. The first-order chi connectivity index (χ1) is 12.2. The molecule has 0 amide bonds. The second-order valence-electron chi connectivity index (χ2n) is 6.02. The average Bonchev–Trinajstić information content (AvgIpc) is 2.64. The lowest BCUT2D eigenvalue weighted by Crippen LogP contribution is -2.35. The molecule has 0 bridgehead atoms. The van der Waals surface area contributed by atoms with Crippen LogP contribution in [0.4, 0.5) is 10.1 Å². The molecule has 0 atom stereocenters. The van der Waals surface area contributed by atoms with Crippen LogP contribution in [-0.2, 0) is 17.8 Å². The van der Waals surface area contributed by atoms with Crippen molar-refractivity contribution in [2.24, 2.45) is 0 Å². The zero-order valence-corrected chi connectivity index (χ0v) is 14.8. The molecular formula is C19H22FN3OS. The standard InChI is InChI=1S/C19H22FN3OS/c20-17-5-1-15(2-6-17)13-21-19(25)22-18-7-3-16(4-8-18)14-23-9-11-24-12-10-23/h1-8H,9-14H2,(H2,21,22,25). The van der Waals surface area contributed by atoms with E-state index in [9.17, 15) is 4.39 Å². The van der Waals surface area contributed by atoms with E-state index < -0.39 is 0 Å². The highest BCUT2D eigenvalue weighted by molar-refractivity contribution is 7.80. The summed E-state index contributed by atoms with van der Waals surface area (Å²) < 4.78 is 18.3. The Bertz CT molecular complexity index is 685. The number of halogens is 1. The molecule has 25 heavy (non-hydrogen) atoms. The Kier molecular flexibility index (Phi) is 6.33. The quantitative estimate of drug-likeness (QED) is 0.802. The Labute approximate surface area is 153 Å². The lowest BCUT2D eigenvalue weighted by molar-refractivity contribution is 0.0342. The van der Waals surface area contributed by atoms with Crippen LogP contribution in [-0.4, -0.2) is 36.3 Å². The van der Waals surface area contributed by atoms with Gasteiger partial charge in [-0.25, -0.2) is 4.39 Å². The summed E-state index contributed by atoms with van der Waals surface area (Å²) in [5.41, 5.74) is 3.20. The normalized spacial score (nSPS) is 14.9. The molecule has 0 aliphatic carbocycles. The predicted octanol–water partition coefficient (Wildman–Crippen LogP) is 3.14. The number of hydrogen-bond donors (Lipinski definition) is 2. The second kappa shape index (κ2) is 8.89. The van der Waals surface area contributed by atoms with E-state index >= 15 is 0 Å². The average molecular weight is 359 g/mol. The minimum Gasteiger partial charge on any atom is -0.379 e. The largest absolute Gasteiger partial charge is 0.379 e. The van der Waals surface area contributed by atoms with E-state index in [4.69, 9.17) is 17.0 Å². The van der Waals surface area contributed by atoms with Crippen LogP contribution in [0.15, 0.2) is 48.5 Å². The molecule has 6 heteroatoms. The number of hydrogen-bond acceptors (Lipinski definition) is 3. The number of morpholine rings is 1. The first kappa shape index (κ1) is 17.8. The molecule has 1 aliphatic rings. The van der Waals surface area contributed by atoms with Crippen LogP contribution >= 0.6 is 12.2 Å². The van der Waals surface area contributed by atoms with E-state index in [-0.39, 0.29) is 5.82 Å². The van der Waals surface area contributed by atoms with Crippen LogP contribution in [0, 0.1) is 5.82 Å². The zero-order valence-electron chi connectivity index (χ0n) is 14.0. The summed E-state index contributed by atoms with van der Waals surface area (Å²) in [4.78, 5) is 2.39. The summed E-state index contributed by atoms with van der Waals surface area (Å²) in [6, 6.07) is 14.7. The topological polar surface area (TPSA) is 36.5 Å². The summed E-state index contributed by atoms with van der Waals surface area (Å²) in [6.07, 6.45) is 0.